The van der Waals surface area contributed by atoms with Crippen LogP contribution in [0.2, 0.25) is 5.02 Å². The molecule has 0 saturated heterocycles. The minimum atomic E-state index is -0.229. The SMILES string of the molecule is Cc1cc(C(=O)NCCOc2cccc(Cl)c2)nn1-c1ccccc1. The monoisotopic (exact) mass is 355 g/mol. The molecule has 0 aliphatic heterocycles. The normalized spacial score (nSPS) is 10.5. The van der Waals surface area contributed by atoms with Crippen molar-refractivity contribution < 1.29 is 9.53 Å². The summed E-state index contributed by atoms with van der Waals surface area (Å²) >= 11 is 5.90. The molecule has 0 fully saturated rings. The summed E-state index contributed by atoms with van der Waals surface area (Å²) < 4.78 is 7.29. The van der Waals surface area contributed by atoms with Crippen LogP contribution in [0.3, 0.4) is 0 Å². The molecule has 3 rings (SSSR count). The van der Waals surface area contributed by atoms with Gasteiger partial charge in [0, 0.05) is 10.7 Å². The molecule has 0 aliphatic carbocycles. The predicted octanol–water partition coefficient (Wildman–Crippen LogP) is 3.64. The summed E-state index contributed by atoms with van der Waals surface area (Å²) in [6.07, 6.45) is 0. The molecule has 0 unspecified atom stereocenters. The van der Waals surface area contributed by atoms with E-state index in [0.717, 1.165) is 11.4 Å². The molecule has 1 aromatic heterocycles. The second-order valence-corrected chi connectivity index (χ2v) is 5.92. The number of ether oxygens (including phenoxy) is 1. The number of carbonyl (C=O) groups is 1. The van der Waals surface area contributed by atoms with Gasteiger partial charge in [0.1, 0.15) is 12.4 Å². The van der Waals surface area contributed by atoms with Crippen molar-refractivity contribution >= 4 is 17.5 Å². The largest absolute Gasteiger partial charge is 0.492 e. The van der Waals surface area contributed by atoms with Crippen molar-refractivity contribution in [2.24, 2.45) is 0 Å². The molecule has 0 saturated carbocycles. The van der Waals surface area contributed by atoms with Crippen LogP contribution in [0.5, 0.6) is 5.75 Å². The average molecular weight is 356 g/mol. The van der Waals surface area contributed by atoms with Crippen molar-refractivity contribution in [2.45, 2.75) is 6.92 Å². The van der Waals surface area contributed by atoms with Crippen LogP contribution in [0.1, 0.15) is 16.2 Å². The topological polar surface area (TPSA) is 56.1 Å². The molecule has 1 amide bonds. The van der Waals surface area contributed by atoms with E-state index in [1.807, 2.05) is 49.4 Å². The third-order valence-electron chi connectivity index (χ3n) is 3.57. The number of halogens is 1. The van der Waals surface area contributed by atoms with Gasteiger partial charge >= 0.3 is 0 Å². The number of carbonyl (C=O) groups excluding carboxylic acids is 1. The fraction of sp³-hybridized carbons (Fsp3) is 0.158. The Morgan fingerprint density at radius 1 is 1.16 bits per heavy atom. The van der Waals surface area contributed by atoms with Gasteiger partial charge in [0.2, 0.25) is 0 Å². The second-order valence-electron chi connectivity index (χ2n) is 5.48. The van der Waals surface area contributed by atoms with Crippen molar-refractivity contribution in [1.82, 2.24) is 15.1 Å². The average Bonchev–Trinajstić information content (AvgIpc) is 3.01. The maximum Gasteiger partial charge on any atom is 0.271 e. The number of para-hydroxylation sites is 1. The number of nitrogens with one attached hydrogen (secondary N) is 1. The molecule has 0 radical (unpaired) electrons. The van der Waals surface area contributed by atoms with E-state index in [-0.39, 0.29) is 5.91 Å². The summed E-state index contributed by atoms with van der Waals surface area (Å²) in [5.41, 5.74) is 2.19. The summed E-state index contributed by atoms with van der Waals surface area (Å²) in [6, 6.07) is 18.6. The smallest absolute Gasteiger partial charge is 0.271 e. The van der Waals surface area contributed by atoms with Crippen molar-refractivity contribution in [2.75, 3.05) is 13.2 Å². The van der Waals surface area contributed by atoms with Gasteiger partial charge < -0.3 is 10.1 Å². The van der Waals surface area contributed by atoms with Crippen molar-refractivity contribution in [3.63, 3.8) is 0 Å². The van der Waals surface area contributed by atoms with Crippen LogP contribution in [0.15, 0.2) is 60.7 Å². The highest BCUT2D eigenvalue weighted by Crippen LogP contribution is 2.16. The molecule has 0 atom stereocenters. The van der Waals surface area contributed by atoms with Crippen molar-refractivity contribution in [3.8, 4) is 11.4 Å². The van der Waals surface area contributed by atoms with Gasteiger partial charge in [-0.1, -0.05) is 35.9 Å². The van der Waals surface area contributed by atoms with Crippen LogP contribution in [0, 0.1) is 6.92 Å². The van der Waals surface area contributed by atoms with E-state index in [0.29, 0.717) is 29.6 Å². The fourth-order valence-electron chi connectivity index (χ4n) is 2.40. The molecule has 0 aliphatic rings. The van der Waals surface area contributed by atoms with Crippen LogP contribution < -0.4 is 10.1 Å². The summed E-state index contributed by atoms with van der Waals surface area (Å²) in [5, 5.41) is 7.79. The van der Waals surface area contributed by atoms with Crippen molar-refractivity contribution in [1.29, 1.82) is 0 Å². The Hall–Kier alpha value is -2.79. The Morgan fingerprint density at radius 2 is 1.96 bits per heavy atom. The number of hydrogen-bond donors (Lipinski definition) is 1. The van der Waals surface area contributed by atoms with Crippen molar-refractivity contribution in [3.05, 3.63) is 77.1 Å². The van der Waals surface area contributed by atoms with E-state index in [4.69, 9.17) is 16.3 Å². The molecule has 5 nitrogen and oxygen atoms in total. The van der Waals surface area contributed by atoms with Gasteiger partial charge in [-0.25, -0.2) is 4.68 Å². The van der Waals surface area contributed by atoms with Crippen LogP contribution in [-0.4, -0.2) is 28.8 Å². The van der Waals surface area contributed by atoms with E-state index in [1.165, 1.54) is 0 Å². The fourth-order valence-corrected chi connectivity index (χ4v) is 2.58. The lowest BCUT2D eigenvalue weighted by Crippen LogP contribution is -2.28. The maximum absolute atomic E-state index is 12.2. The first-order chi connectivity index (χ1) is 12.1. The maximum atomic E-state index is 12.2. The lowest BCUT2D eigenvalue weighted by atomic mass is 10.3. The number of aryl methyl sites for hydroxylation is 1. The Morgan fingerprint density at radius 3 is 2.72 bits per heavy atom. The first kappa shape index (κ1) is 17.0. The lowest BCUT2D eigenvalue weighted by Gasteiger charge is -2.07. The summed E-state index contributed by atoms with van der Waals surface area (Å²) in [5.74, 6) is 0.443. The molecule has 2 aromatic carbocycles. The Labute approximate surface area is 151 Å². The molecule has 1 N–H and O–H groups in total. The Kier molecular flexibility index (Phi) is 5.36. The standard InChI is InChI=1S/C19H18ClN3O2/c1-14-12-18(22-23(14)16-7-3-2-4-8-16)19(24)21-10-11-25-17-9-5-6-15(20)13-17/h2-9,12-13H,10-11H2,1H3,(H,21,24). The van der Waals surface area contributed by atoms with Gasteiger partial charge in [-0.15, -0.1) is 0 Å². The number of hydrogen-bond acceptors (Lipinski definition) is 3. The van der Waals surface area contributed by atoms with E-state index in [9.17, 15) is 4.79 Å². The molecule has 0 spiro atoms. The zero-order valence-corrected chi connectivity index (χ0v) is 14.5. The minimum absolute atomic E-state index is 0.229. The van der Waals surface area contributed by atoms with Gasteiger partial charge in [0.15, 0.2) is 5.69 Å². The van der Waals surface area contributed by atoms with Crippen LogP contribution in [0.25, 0.3) is 5.69 Å². The van der Waals surface area contributed by atoms with Gasteiger partial charge in [-0.05, 0) is 43.3 Å². The zero-order valence-electron chi connectivity index (χ0n) is 13.8. The summed E-state index contributed by atoms with van der Waals surface area (Å²) in [4.78, 5) is 12.2. The first-order valence-corrected chi connectivity index (χ1v) is 8.30. The molecule has 1 heterocycles. The van der Waals surface area contributed by atoms with E-state index >= 15 is 0 Å². The molecular formula is C19H18ClN3O2. The number of benzene rings is 2. The summed E-state index contributed by atoms with van der Waals surface area (Å²) in [6.45, 7) is 2.64. The second kappa shape index (κ2) is 7.85. The number of nitrogens with zero attached hydrogens (tertiary/aromatic N) is 2. The third-order valence-corrected chi connectivity index (χ3v) is 3.81. The molecule has 25 heavy (non-hydrogen) atoms. The Bertz CT molecular complexity index is 862. The summed E-state index contributed by atoms with van der Waals surface area (Å²) in [7, 11) is 0. The highest BCUT2D eigenvalue weighted by atomic mass is 35.5. The van der Waals surface area contributed by atoms with Gasteiger partial charge in [-0.2, -0.15) is 5.10 Å². The number of rotatable bonds is 6. The van der Waals surface area contributed by atoms with E-state index in [2.05, 4.69) is 10.4 Å². The van der Waals surface area contributed by atoms with Crippen LogP contribution in [-0.2, 0) is 0 Å². The molecule has 6 heteroatoms. The molecule has 128 valence electrons. The zero-order chi connectivity index (χ0) is 17.6. The highest BCUT2D eigenvalue weighted by Gasteiger charge is 2.12. The predicted molar refractivity (Wildman–Crippen MR) is 97.6 cm³/mol. The lowest BCUT2D eigenvalue weighted by molar-refractivity contribution is 0.0941. The molecular weight excluding hydrogens is 338 g/mol. The van der Waals surface area contributed by atoms with Gasteiger partial charge in [0.25, 0.3) is 5.91 Å². The first-order valence-electron chi connectivity index (χ1n) is 7.92. The van der Waals surface area contributed by atoms with Crippen LogP contribution in [0.4, 0.5) is 0 Å². The quantitative estimate of drug-likeness (QED) is 0.687. The molecule has 3 aromatic rings. The minimum Gasteiger partial charge on any atom is -0.492 e. The highest BCUT2D eigenvalue weighted by molar-refractivity contribution is 6.30. The third kappa shape index (κ3) is 4.39. The van der Waals surface area contributed by atoms with E-state index < -0.39 is 0 Å². The number of amides is 1. The Balaban J connectivity index is 1.55. The van der Waals surface area contributed by atoms with Crippen LogP contribution >= 0.6 is 11.6 Å². The van der Waals surface area contributed by atoms with Gasteiger partial charge in [-0.3, -0.25) is 4.79 Å². The molecule has 0 bridgehead atoms. The van der Waals surface area contributed by atoms with Gasteiger partial charge in [0.05, 0.1) is 12.2 Å². The number of aromatic nitrogens is 2. The van der Waals surface area contributed by atoms with E-state index in [1.54, 1.807) is 22.9 Å².